The van der Waals surface area contributed by atoms with Crippen LogP contribution >= 0.6 is 23.2 Å². The van der Waals surface area contributed by atoms with Gasteiger partial charge in [0.2, 0.25) is 5.95 Å². The Hall–Kier alpha value is -4.67. The largest absolute Gasteiger partial charge is 0.480 e. The van der Waals surface area contributed by atoms with E-state index in [4.69, 9.17) is 23.2 Å². The van der Waals surface area contributed by atoms with Gasteiger partial charge in [-0.1, -0.05) is 58.7 Å². The van der Waals surface area contributed by atoms with Crippen LogP contribution < -0.4 is 10.6 Å². The Labute approximate surface area is 232 Å². The van der Waals surface area contributed by atoms with Crippen LogP contribution in [0.2, 0.25) is 10.0 Å². The second-order valence-electron chi connectivity index (χ2n) is 8.52. The number of hydrogen-bond donors (Lipinski definition) is 4. The standard InChI is InChI=1S/C27H21Cl2N7O3/c28-20-2-1-3-21(29)24(20)25(37)33-22(26(38)39)14-16-4-10-19(11-5-16)36-15-23(34-35-36)17-6-8-18(9-7-17)32-27-30-12-13-31-27/h1-13,15,22H,14H2,(H,33,37)(H,38,39)(H2,30,31,32)/t22-/m0/s1. The van der Waals surface area contributed by atoms with Gasteiger partial charge in [-0.25, -0.2) is 14.5 Å². The monoisotopic (exact) mass is 561 g/mol. The highest BCUT2D eigenvalue weighted by Gasteiger charge is 2.24. The average molecular weight is 562 g/mol. The first-order chi connectivity index (χ1) is 18.9. The van der Waals surface area contributed by atoms with Gasteiger partial charge in [-0.3, -0.25) is 4.79 Å². The van der Waals surface area contributed by atoms with Crippen LogP contribution in [0, 0.1) is 0 Å². The molecule has 0 aliphatic heterocycles. The molecule has 12 heteroatoms. The Bertz CT molecular complexity index is 1580. The summed E-state index contributed by atoms with van der Waals surface area (Å²) in [5.74, 6) is -1.18. The third-order valence-corrected chi connectivity index (χ3v) is 6.50. The molecule has 5 rings (SSSR count). The molecule has 2 heterocycles. The number of imidazole rings is 1. The van der Waals surface area contributed by atoms with Crippen LogP contribution in [0.1, 0.15) is 15.9 Å². The molecule has 0 fully saturated rings. The number of anilines is 2. The first-order valence-electron chi connectivity index (χ1n) is 11.7. The highest BCUT2D eigenvalue weighted by molar-refractivity contribution is 6.39. The van der Waals surface area contributed by atoms with Crippen molar-refractivity contribution in [3.63, 3.8) is 0 Å². The number of aliphatic carboxylic acids is 1. The van der Waals surface area contributed by atoms with Crippen molar-refractivity contribution in [1.82, 2.24) is 30.3 Å². The number of hydrogen-bond acceptors (Lipinski definition) is 6. The number of nitrogens with one attached hydrogen (secondary N) is 3. The maximum atomic E-state index is 12.7. The maximum absolute atomic E-state index is 12.7. The normalized spacial score (nSPS) is 11.6. The number of aromatic amines is 1. The lowest BCUT2D eigenvalue weighted by molar-refractivity contribution is -0.139. The lowest BCUT2D eigenvalue weighted by Gasteiger charge is -2.16. The van der Waals surface area contributed by atoms with Gasteiger partial charge in [0.15, 0.2) is 0 Å². The quantitative estimate of drug-likeness (QED) is 0.195. The van der Waals surface area contributed by atoms with E-state index in [1.807, 2.05) is 24.3 Å². The zero-order chi connectivity index (χ0) is 27.4. The molecule has 0 bridgehead atoms. The predicted molar refractivity (Wildman–Crippen MR) is 148 cm³/mol. The summed E-state index contributed by atoms with van der Waals surface area (Å²) in [6, 6.07) is 18.3. The fourth-order valence-electron chi connectivity index (χ4n) is 3.88. The van der Waals surface area contributed by atoms with Crippen molar-refractivity contribution < 1.29 is 14.7 Å². The van der Waals surface area contributed by atoms with Crippen molar-refractivity contribution >= 4 is 46.7 Å². The maximum Gasteiger partial charge on any atom is 0.326 e. The first kappa shape index (κ1) is 26.0. The van der Waals surface area contributed by atoms with Crippen molar-refractivity contribution in [3.8, 4) is 16.9 Å². The molecule has 3 aromatic carbocycles. The molecule has 0 saturated carbocycles. The molecule has 2 aromatic heterocycles. The predicted octanol–water partition coefficient (Wildman–Crippen LogP) is 5.13. The summed E-state index contributed by atoms with van der Waals surface area (Å²) in [4.78, 5) is 31.7. The topological polar surface area (TPSA) is 138 Å². The Balaban J connectivity index is 1.25. The number of rotatable bonds is 9. The second kappa shape index (κ2) is 11.4. The first-order valence-corrected chi connectivity index (χ1v) is 12.5. The number of benzene rings is 3. The summed E-state index contributed by atoms with van der Waals surface area (Å²) >= 11 is 12.2. The molecular formula is C27H21Cl2N7O3. The minimum absolute atomic E-state index is 0.0350. The van der Waals surface area contributed by atoms with Gasteiger partial charge in [-0.05, 0) is 42.0 Å². The smallest absolute Gasteiger partial charge is 0.326 e. The molecule has 4 N–H and O–H groups in total. The third-order valence-electron chi connectivity index (χ3n) is 5.87. The molecule has 0 unspecified atom stereocenters. The van der Waals surface area contributed by atoms with Crippen molar-refractivity contribution in [3.05, 3.63) is 106 Å². The zero-order valence-corrected chi connectivity index (χ0v) is 21.7. The number of carboxylic acid groups (broad SMARTS) is 1. The minimum atomic E-state index is -1.18. The van der Waals surface area contributed by atoms with E-state index in [0.29, 0.717) is 17.2 Å². The number of carboxylic acids is 1. The molecule has 5 aromatic rings. The van der Waals surface area contributed by atoms with Gasteiger partial charge < -0.3 is 20.7 Å². The van der Waals surface area contributed by atoms with Crippen LogP contribution in [-0.4, -0.2) is 48.0 Å². The molecule has 0 spiro atoms. The van der Waals surface area contributed by atoms with Crippen molar-refractivity contribution in [2.45, 2.75) is 12.5 Å². The highest BCUT2D eigenvalue weighted by atomic mass is 35.5. The summed E-state index contributed by atoms with van der Waals surface area (Å²) in [7, 11) is 0. The van der Waals surface area contributed by atoms with Gasteiger partial charge in [0, 0.05) is 30.1 Å². The third kappa shape index (κ3) is 6.08. The summed E-state index contributed by atoms with van der Waals surface area (Å²) in [5.41, 5.74) is 3.94. The number of aromatic nitrogens is 5. The zero-order valence-electron chi connectivity index (χ0n) is 20.2. The van der Waals surface area contributed by atoms with E-state index in [-0.39, 0.29) is 22.0 Å². The van der Waals surface area contributed by atoms with E-state index >= 15 is 0 Å². The molecule has 10 nitrogen and oxygen atoms in total. The van der Waals surface area contributed by atoms with Crippen LogP contribution in [0.4, 0.5) is 11.6 Å². The van der Waals surface area contributed by atoms with Crippen LogP contribution in [0.15, 0.2) is 85.3 Å². The lowest BCUT2D eigenvalue weighted by atomic mass is 10.0. The minimum Gasteiger partial charge on any atom is -0.480 e. The lowest BCUT2D eigenvalue weighted by Crippen LogP contribution is -2.42. The fraction of sp³-hybridized carbons (Fsp3) is 0.0741. The average Bonchev–Trinajstić information content (AvgIpc) is 3.62. The van der Waals surface area contributed by atoms with E-state index in [1.54, 1.807) is 53.6 Å². The molecule has 39 heavy (non-hydrogen) atoms. The molecule has 0 saturated heterocycles. The van der Waals surface area contributed by atoms with Crippen LogP contribution in [0.25, 0.3) is 16.9 Å². The molecular weight excluding hydrogens is 541 g/mol. The van der Waals surface area contributed by atoms with Crippen molar-refractivity contribution in [1.29, 1.82) is 0 Å². The Kier molecular flexibility index (Phi) is 7.57. The number of halogens is 2. The van der Waals surface area contributed by atoms with Gasteiger partial charge in [0.05, 0.1) is 27.5 Å². The Morgan fingerprint density at radius 2 is 1.72 bits per heavy atom. The van der Waals surface area contributed by atoms with E-state index in [0.717, 1.165) is 16.9 Å². The fourth-order valence-corrected chi connectivity index (χ4v) is 4.45. The molecule has 0 aliphatic rings. The van der Waals surface area contributed by atoms with Crippen LogP contribution in [0.5, 0.6) is 0 Å². The van der Waals surface area contributed by atoms with Gasteiger partial charge in [0.25, 0.3) is 5.91 Å². The van der Waals surface area contributed by atoms with E-state index in [1.165, 1.54) is 12.1 Å². The SMILES string of the molecule is O=C(N[C@@H](Cc1ccc(-n2cc(-c3ccc(Nc4ncc[nH]4)cc3)nn2)cc1)C(=O)O)c1c(Cl)cccc1Cl. The molecule has 0 aliphatic carbocycles. The van der Waals surface area contributed by atoms with Gasteiger partial charge in [0.1, 0.15) is 11.7 Å². The molecule has 196 valence electrons. The number of nitrogens with zero attached hydrogens (tertiary/aromatic N) is 4. The highest BCUT2D eigenvalue weighted by Crippen LogP contribution is 2.25. The molecule has 0 radical (unpaired) electrons. The summed E-state index contributed by atoms with van der Waals surface area (Å²) in [6.45, 7) is 0. The number of carbonyl (C=O) groups is 2. The van der Waals surface area contributed by atoms with Gasteiger partial charge >= 0.3 is 5.97 Å². The van der Waals surface area contributed by atoms with E-state index < -0.39 is 17.9 Å². The van der Waals surface area contributed by atoms with Gasteiger partial charge in [-0.15, -0.1) is 5.10 Å². The summed E-state index contributed by atoms with van der Waals surface area (Å²) < 4.78 is 1.63. The summed E-state index contributed by atoms with van der Waals surface area (Å²) in [6.07, 6.45) is 5.27. The molecule has 1 atom stereocenters. The summed E-state index contributed by atoms with van der Waals surface area (Å²) in [5, 5.41) is 24.1. The van der Waals surface area contributed by atoms with Crippen molar-refractivity contribution in [2.24, 2.45) is 0 Å². The van der Waals surface area contributed by atoms with E-state index in [9.17, 15) is 14.7 Å². The van der Waals surface area contributed by atoms with E-state index in [2.05, 4.69) is 30.9 Å². The number of H-pyrrole nitrogens is 1. The second-order valence-corrected chi connectivity index (χ2v) is 9.33. The number of amides is 1. The Morgan fingerprint density at radius 1 is 1.00 bits per heavy atom. The molecule has 1 amide bonds. The van der Waals surface area contributed by atoms with Crippen LogP contribution in [-0.2, 0) is 11.2 Å². The number of carbonyl (C=O) groups excluding carboxylic acids is 1. The van der Waals surface area contributed by atoms with Crippen LogP contribution in [0.3, 0.4) is 0 Å². The van der Waals surface area contributed by atoms with Gasteiger partial charge in [-0.2, -0.15) is 0 Å². The van der Waals surface area contributed by atoms with Crippen molar-refractivity contribution in [2.75, 3.05) is 5.32 Å². The Morgan fingerprint density at radius 3 is 2.36 bits per heavy atom.